The predicted molar refractivity (Wildman–Crippen MR) is 85.8 cm³/mol. The summed E-state index contributed by atoms with van der Waals surface area (Å²) in [6.45, 7) is 8.56. The SMILES string of the molecule is Cc1oc(COc2ccccc2Cl)cc1CNCC(C)C. The predicted octanol–water partition coefficient (Wildman–Crippen LogP) is 4.57. The van der Waals surface area contributed by atoms with Crippen molar-refractivity contribution in [1.29, 1.82) is 0 Å². The summed E-state index contributed by atoms with van der Waals surface area (Å²) in [7, 11) is 0. The van der Waals surface area contributed by atoms with Crippen LogP contribution >= 0.6 is 11.6 Å². The number of hydrogen-bond acceptors (Lipinski definition) is 3. The molecule has 0 saturated heterocycles. The molecule has 0 aliphatic carbocycles. The maximum atomic E-state index is 6.06. The van der Waals surface area contributed by atoms with Crippen LogP contribution < -0.4 is 10.1 Å². The van der Waals surface area contributed by atoms with Gasteiger partial charge in [0.05, 0.1) is 5.02 Å². The van der Waals surface area contributed by atoms with Gasteiger partial charge in [-0.05, 0) is 37.6 Å². The highest BCUT2D eigenvalue weighted by Gasteiger charge is 2.09. The third-order valence-corrected chi connectivity index (χ3v) is 3.46. The Balaban J connectivity index is 1.91. The molecule has 0 bridgehead atoms. The fourth-order valence-electron chi connectivity index (χ4n) is 2.04. The Labute approximate surface area is 131 Å². The summed E-state index contributed by atoms with van der Waals surface area (Å²) in [5.74, 6) is 3.06. The monoisotopic (exact) mass is 307 g/mol. The lowest BCUT2D eigenvalue weighted by atomic mass is 10.2. The van der Waals surface area contributed by atoms with Crippen molar-refractivity contribution in [3.05, 3.63) is 52.4 Å². The van der Waals surface area contributed by atoms with Gasteiger partial charge in [-0.3, -0.25) is 0 Å². The zero-order valence-corrected chi connectivity index (χ0v) is 13.5. The number of rotatable bonds is 7. The summed E-state index contributed by atoms with van der Waals surface area (Å²) in [4.78, 5) is 0. The molecule has 1 heterocycles. The summed E-state index contributed by atoms with van der Waals surface area (Å²) in [5, 5.41) is 4.03. The molecule has 21 heavy (non-hydrogen) atoms. The van der Waals surface area contributed by atoms with Crippen molar-refractivity contribution in [3.8, 4) is 5.75 Å². The second-order valence-electron chi connectivity index (χ2n) is 5.54. The highest BCUT2D eigenvalue weighted by atomic mass is 35.5. The van der Waals surface area contributed by atoms with Crippen LogP contribution in [0.15, 0.2) is 34.7 Å². The summed E-state index contributed by atoms with van der Waals surface area (Å²) in [5.41, 5.74) is 1.17. The van der Waals surface area contributed by atoms with Crippen molar-refractivity contribution in [2.75, 3.05) is 6.54 Å². The van der Waals surface area contributed by atoms with Gasteiger partial charge in [0.15, 0.2) is 0 Å². The minimum absolute atomic E-state index is 0.384. The third-order valence-electron chi connectivity index (χ3n) is 3.15. The molecule has 0 amide bonds. The molecule has 0 atom stereocenters. The van der Waals surface area contributed by atoms with E-state index in [2.05, 4.69) is 19.2 Å². The zero-order valence-electron chi connectivity index (χ0n) is 12.8. The number of ether oxygens (including phenoxy) is 1. The van der Waals surface area contributed by atoms with Crippen LogP contribution in [0.5, 0.6) is 5.75 Å². The smallest absolute Gasteiger partial charge is 0.146 e. The van der Waals surface area contributed by atoms with Crippen molar-refractivity contribution < 1.29 is 9.15 Å². The van der Waals surface area contributed by atoms with Crippen molar-refractivity contribution in [2.24, 2.45) is 5.92 Å². The molecule has 0 radical (unpaired) electrons. The minimum atomic E-state index is 0.384. The Morgan fingerprint density at radius 3 is 2.76 bits per heavy atom. The lowest BCUT2D eigenvalue weighted by Gasteiger charge is -2.06. The molecule has 1 N–H and O–H groups in total. The van der Waals surface area contributed by atoms with Crippen molar-refractivity contribution >= 4 is 11.6 Å². The first kappa shape index (κ1) is 15.9. The maximum absolute atomic E-state index is 6.06. The van der Waals surface area contributed by atoms with Gasteiger partial charge in [-0.25, -0.2) is 0 Å². The molecule has 2 rings (SSSR count). The second kappa shape index (κ2) is 7.53. The highest BCUT2D eigenvalue weighted by Crippen LogP contribution is 2.25. The van der Waals surface area contributed by atoms with E-state index in [-0.39, 0.29) is 0 Å². The van der Waals surface area contributed by atoms with Crippen LogP contribution in [0.4, 0.5) is 0 Å². The average molecular weight is 308 g/mol. The largest absolute Gasteiger partial charge is 0.484 e. The number of aryl methyl sites for hydroxylation is 1. The van der Waals surface area contributed by atoms with Crippen LogP contribution in [-0.4, -0.2) is 6.54 Å². The Kier molecular flexibility index (Phi) is 5.71. The van der Waals surface area contributed by atoms with E-state index in [0.717, 1.165) is 24.6 Å². The quantitative estimate of drug-likeness (QED) is 0.814. The van der Waals surface area contributed by atoms with Gasteiger partial charge in [-0.2, -0.15) is 0 Å². The van der Waals surface area contributed by atoms with Gasteiger partial charge in [0.25, 0.3) is 0 Å². The molecule has 0 aliphatic rings. The first-order chi connectivity index (χ1) is 10.1. The second-order valence-corrected chi connectivity index (χ2v) is 5.95. The molecular weight excluding hydrogens is 286 g/mol. The number of furan rings is 1. The summed E-state index contributed by atoms with van der Waals surface area (Å²) in [6.07, 6.45) is 0. The number of para-hydroxylation sites is 1. The molecule has 3 nitrogen and oxygen atoms in total. The van der Waals surface area contributed by atoms with Gasteiger partial charge in [-0.1, -0.05) is 37.6 Å². The molecule has 0 fully saturated rings. The van der Waals surface area contributed by atoms with E-state index in [1.54, 1.807) is 0 Å². The van der Waals surface area contributed by atoms with Crippen LogP contribution in [0.2, 0.25) is 5.02 Å². The molecule has 4 heteroatoms. The van der Waals surface area contributed by atoms with Gasteiger partial charge >= 0.3 is 0 Å². The summed E-state index contributed by atoms with van der Waals surface area (Å²) >= 11 is 6.06. The van der Waals surface area contributed by atoms with E-state index in [0.29, 0.717) is 23.3 Å². The van der Waals surface area contributed by atoms with E-state index in [4.69, 9.17) is 20.8 Å². The number of halogens is 1. The zero-order chi connectivity index (χ0) is 15.2. The average Bonchev–Trinajstić information content (AvgIpc) is 2.78. The number of hydrogen-bond donors (Lipinski definition) is 1. The molecule has 0 spiro atoms. The van der Waals surface area contributed by atoms with Crippen molar-refractivity contribution in [2.45, 2.75) is 33.9 Å². The first-order valence-corrected chi connectivity index (χ1v) is 7.60. The first-order valence-electron chi connectivity index (χ1n) is 7.22. The standard InChI is InChI=1S/C17H22ClNO2/c1-12(2)9-19-10-14-8-15(21-13(14)3)11-20-17-7-5-4-6-16(17)18/h4-8,12,19H,9-11H2,1-3H3. The molecule has 1 aromatic heterocycles. The Bertz CT molecular complexity index is 578. The van der Waals surface area contributed by atoms with Crippen LogP contribution in [0.3, 0.4) is 0 Å². The molecule has 114 valence electrons. The topological polar surface area (TPSA) is 34.4 Å². The Morgan fingerprint density at radius 1 is 1.29 bits per heavy atom. The van der Waals surface area contributed by atoms with Crippen molar-refractivity contribution in [1.82, 2.24) is 5.32 Å². The van der Waals surface area contributed by atoms with Crippen LogP contribution in [0.25, 0.3) is 0 Å². The molecule has 0 saturated carbocycles. The lowest BCUT2D eigenvalue weighted by molar-refractivity contribution is 0.267. The van der Waals surface area contributed by atoms with Gasteiger partial charge in [0, 0.05) is 12.1 Å². The Morgan fingerprint density at radius 2 is 2.05 bits per heavy atom. The Hall–Kier alpha value is -1.45. The highest BCUT2D eigenvalue weighted by molar-refractivity contribution is 6.32. The van der Waals surface area contributed by atoms with E-state index >= 15 is 0 Å². The maximum Gasteiger partial charge on any atom is 0.146 e. The fraction of sp³-hybridized carbons (Fsp3) is 0.412. The fourth-order valence-corrected chi connectivity index (χ4v) is 2.23. The normalized spacial score (nSPS) is 11.1. The molecule has 1 aromatic carbocycles. The van der Waals surface area contributed by atoms with E-state index in [9.17, 15) is 0 Å². The van der Waals surface area contributed by atoms with Crippen molar-refractivity contribution in [3.63, 3.8) is 0 Å². The molecule has 0 unspecified atom stereocenters. The molecular formula is C17H22ClNO2. The van der Waals surface area contributed by atoms with Crippen LogP contribution in [-0.2, 0) is 13.2 Å². The van der Waals surface area contributed by atoms with E-state index < -0.39 is 0 Å². The van der Waals surface area contributed by atoms with Gasteiger partial charge < -0.3 is 14.5 Å². The van der Waals surface area contributed by atoms with E-state index in [1.807, 2.05) is 37.3 Å². The van der Waals surface area contributed by atoms with Crippen LogP contribution in [0.1, 0.15) is 30.9 Å². The van der Waals surface area contributed by atoms with E-state index in [1.165, 1.54) is 5.56 Å². The minimum Gasteiger partial charge on any atom is -0.484 e. The number of nitrogens with one attached hydrogen (secondary N) is 1. The summed E-state index contributed by atoms with van der Waals surface area (Å²) in [6, 6.07) is 9.48. The van der Waals surface area contributed by atoms with Gasteiger partial charge in [0.2, 0.25) is 0 Å². The molecule has 0 aliphatic heterocycles. The van der Waals surface area contributed by atoms with Gasteiger partial charge in [0.1, 0.15) is 23.9 Å². The lowest BCUT2D eigenvalue weighted by Crippen LogP contribution is -2.18. The summed E-state index contributed by atoms with van der Waals surface area (Å²) < 4.78 is 11.4. The molecule has 2 aromatic rings. The number of benzene rings is 1. The van der Waals surface area contributed by atoms with Crippen LogP contribution in [0, 0.1) is 12.8 Å². The van der Waals surface area contributed by atoms with Gasteiger partial charge in [-0.15, -0.1) is 0 Å². The third kappa shape index (κ3) is 4.80.